The van der Waals surface area contributed by atoms with Crippen LogP contribution in [0.4, 0.5) is 4.79 Å². The van der Waals surface area contributed by atoms with Crippen molar-refractivity contribution in [2.45, 2.75) is 59.4 Å². The Balaban J connectivity index is 2.78. The topological polar surface area (TPSA) is 137 Å². The second-order valence-corrected chi connectivity index (χ2v) is 7.84. The summed E-state index contributed by atoms with van der Waals surface area (Å²) in [7, 11) is 0. The second kappa shape index (κ2) is 14.1. The van der Waals surface area contributed by atoms with Gasteiger partial charge in [0.05, 0.1) is 0 Å². The third kappa shape index (κ3) is 10.3. The van der Waals surface area contributed by atoms with E-state index < -0.39 is 54.8 Å². The number of esters is 3. The fourth-order valence-electron chi connectivity index (χ4n) is 2.37. The number of rotatable bonds is 13. The van der Waals surface area contributed by atoms with Crippen molar-refractivity contribution < 1.29 is 43.2 Å². The minimum atomic E-state index is -1.51. The van der Waals surface area contributed by atoms with Gasteiger partial charge < -0.3 is 29.4 Å². The summed E-state index contributed by atoms with van der Waals surface area (Å²) in [5.41, 5.74) is -0.761. The molecule has 2 N–H and O–H groups in total. The van der Waals surface area contributed by atoms with Crippen LogP contribution in [-0.4, -0.2) is 61.1 Å². The molecule has 0 spiro atoms. The van der Waals surface area contributed by atoms with Gasteiger partial charge in [-0.25, -0.2) is 14.4 Å². The number of hydrogen-bond donors (Lipinski definition) is 2. The fourth-order valence-corrected chi connectivity index (χ4v) is 2.37. The van der Waals surface area contributed by atoms with Gasteiger partial charge in [-0.05, 0) is 32.8 Å². The maximum Gasteiger partial charge on any atom is 0.407 e. The van der Waals surface area contributed by atoms with Gasteiger partial charge in [-0.2, -0.15) is 0 Å². The Labute approximate surface area is 193 Å². The Morgan fingerprint density at radius 2 is 1.64 bits per heavy atom. The highest BCUT2D eigenvalue weighted by molar-refractivity contribution is 5.81. The van der Waals surface area contributed by atoms with Crippen molar-refractivity contribution in [3.8, 4) is 0 Å². The third-order valence-electron chi connectivity index (χ3n) is 4.53. The first-order chi connectivity index (χ1) is 15.6. The number of hydrogen-bond acceptors (Lipinski definition) is 9. The maximum absolute atomic E-state index is 12.8. The average molecular weight is 468 g/mol. The highest BCUT2D eigenvalue weighted by Gasteiger charge is 2.39. The van der Waals surface area contributed by atoms with E-state index in [9.17, 15) is 24.3 Å². The summed E-state index contributed by atoms with van der Waals surface area (Å²) in [5.74, 6) is -2.66. The molecule has 0 aromatic heterocycles. The van der Waals surface area contributed by atoms with Crippen LogP contribution in [0.5, 0.6) is 0 Å². The second-order valence-electron chi connectivity index (χ2n) is 7.84. The predicted molar refractivity (Wildman–Crippen MR) is 117 cm³/mol. The molecule has 0 radical (unpaired) electrons. The summed E-state index contributed by atoms with van der Waals surface area (Å²) in [6.45, 7) is 5.38. The predicted octanol–water partition coefficient (Wildman–Crippen LogP) is 2.12. The quantitative estimate of drug-likeness (QED) is 0.254. The summed E-state index contributed by atoms with van der Waals surface area (Å²) in [4.78, 5) is 48.4. The summed E-state index contributed by atoms with van der Waals surface area (Å²) in [5, 5.41) is 11.8. The first-order valence-electron chi connectivity index (χ1n) is 10.8. The molecule has 1 amide bonds. The van der Waals surface area contributed by atoms with Gasteiger partial charge in [0, 0.05) is 6.54 Å². The largest absolute Gasteiger partial charge is 0.462 e. The lowest BCUT2D eigenvalue weighted by atomic mass is 9.93. The number of alkyl carbamates (subject to hydrolysis) is 1. The van der Waals surface area contributed by atoms with E-state index in [1.54, 1.807) is 24.3 Å². The summed E-state index contributed by atoms with van der Waals surface area (Å²) in [6.07, 6.45) is -1.77. The highest BCUT2D eigenvalue weighted by atomic mass is 16.6. The van der Waals surface area contributed by atoms with Crippen molar-refractivity contribution in [1.29, 1.82) is 0 Å². The number of ether oxygens (including phenoxy) is 4. The molecule has 1 rings (SSSR count). The molecule has 10 heteroatoms. The number of carbonyl (C=O) groups excluding carboxylic acids is 4. The molecule has 1 aromatic rings. The number of benzene rings is 1. The number of unbranched alkanes of at least 4 members (excludes halogenated alkanes) is 1. The Kier molecular flexibility index (Phi) is 11.9. The molecule has 0 bridgehead atoms. The number of aliphatic hydroxyl groups excluding tert-OH is 1. The first kappa shape index (κ1) is 27.9. The molecular weight excluding hydrogens is 434 g/mol. The van der Waals surface area contributed by atoms with Crippen LogP contribution >= 0.6 is 0 Å². The van der Waals surface area contributed by atoms with Gasteiger partial charge in [0.25, 0.3) is 0 Å². The zero-order chi connectivity index (χ0) is 24.9. The number of aliphatic hydroxyl groups is 1. The lowest BCUT2D eigenvalue weighted by Crippen LogP contribution is -2.42. The number of amides is 1. The molecule has 33 heavy (non-hydrogen) atoms. The van der Waals surface area contributed by atoms with Crippen molar-refractivity contribution in [2.75, 3.05) is 19.8 Å². The molecule has 0 aliphatic heterocycles. The van der Waals surface area contributed by atoms with E-state index in [0.717, 1.165) is 18.4 Å². The SMILES string of the molecule is CCCCNC(=O)OCC(C)(COC(=O)C(C)OC(=O)C(C)O)C(=O)OCc1ccccc1. The zero-order valence-corrected chi connectivity index (χ0v) is 19.5. The molecule has 0 aliphatic rings. The molecule has 0 aliphatic carbocycles. The summed E-state index contributed by atoms with van der Waals surface area (Å²) >= 11 is 0. The smallest absolute Gasteiger partial charge is 0.407 e. The van der Waals surface area contributed by atoms with Crippen LogP contribution in [0.2, 0.25) is 0 Å². The average Bonchev–Trinajstić information content (AvgIpc) is 2.80. The van der Waals surface area contributed by atoms with Crippen molar-refractivity contribution in [2.24, 2.45) is 5.41 Å². The van der Waals surface area contributed by atoms with Crippen LogP contribution in [0.25, 0.3) is 0 Å². The van der Waals surface area contributed by atoms with E-state index in [0.29, 0.717) is 6.54 Å². The Morgan fingerprint density at radius 1 is 1.00 bits per heavy atom. The maximum atomic E-state index is 12.8. The monoisotopic (exact) mass is 467 g/mol. The number of carbonyl (C=O) groups is 4. The van der Waals surface area contributed by atoms with E-state index in [-0.39, 0.29) is 6.61 Å². The van der Waals surface area contributed by atoms with Gasteiger partial charge in [0.1, 0.15) is 31.3 Å². The van der Waals surface area contributed by atoms with Crippen LogP contribution in [-0.2, 0) is 39.9 Å². The van der Waals surface area contributed by atoms with Gasteiger partial charge in [-0.1, -0.05) is 43.7 Å². The standard InChI is InChI=1S/C23H33NO9/c1-5-6-12-24-22(29)32-15-23(4,21(28)30-13-18-10-8-7-9-11-18)14-31-20(27)17(3)33-19(26)16(2)25/h7-11,16-17,25H,5-6,12-15H2,1-4H3,(H,24,29). The van der Waals surface area contributed by atoms with Crippen LogP contribution in [0, 0.1) is 5.41 Å². The van der Waals surface area contributed by atoms with Crippen molar-refractivity contribution in [3.63, 3.8) is 0 Å². The van der Waals surface area contributed by atoms with Crippen molar-refractivity contribution in [3.05, 3.63) is 35.9 Å². The van der Waals surface area contributed by atoms with Gasteiger partial charge >= 0.3 is 24.0 Å². The van der Waals surface area contributed by atoms with E-state index in [2.05, 4.69) is 5.32 Å². The minimum Gasteiger partial charge on any atom is -0.462 e. The molecule has 0 saturated carbocycles. The van der Waals surface area contributed by atoms with Gasteiger partial charge in [-0.15, -0.1) is 0 Å². The Morgan fingerprint density at radius 3 is 2.24 bits per heavy atom. The van der Waals surface area contributed by atoms with E-state index in [1.165, 1.54) is 20.8 Å². The van der Waals surface area contributed by atoms with Crippen LogP contribution in [0.1, 0.15) is 46.1 Å². The number of nitrogens with one attached hydrogen (secondary N) is 1. The molecule has 0 saturated heterocycles. The molecule has 3 unspecified atom stereocenters. The van der Waals surface area contributed by atoms with E-state index >= 15 is 0 Å². The normalized spacial score (nSPS) is 14.2. The molecule has 0 heterocycles. The van der Waals surface area contributed by atoms with Gasteiger partial charge in [0.15, 0.2) is 6.10 Å². The minimum absolute atomic E-state index is 0.0195. The highest BCUT2D eigenvalue weighted by Crippen LogP contribution is 2.22. The zero-order valence-electron chi connectivity index (χ0n) is 19.5. The summed E-state index contributed by atoms with van der Waals surface area (Å²) < 4.78 is 20.4. The third-order valence-corrected chi connectivity index (χ3v) is 4.53. The molecule has 1 aromatic carbocycles. The molecule has 10 nitrogen and oxygen atoms in total. The molecule has 0 fully saturated rings. The van der Waals surface area contributed by atoms with E-state index in [4.69, 9.17) is 18.9 Å². The van der Waals surface area contributed by atoms with Gasteiger partial charge in [0.2, 0.25) is 0 Å². The lowest BCUT2D eigenvalue weighted by molar-refractivity contribution is -0.177. The lowest BCUT2D eigenvalue weighted by Gasteiger charge is -2.27. The Bertz CT molecular complexity index is 781. The molecule has 184 valence electrons. The molecular formula is C23H33NO9. The van der Waals surface area contributed by atoms with Crippen molar-refractivity contribution in [1.82, 2.24) is 5.32 Å². The first-order valence-corrected chi connectivity index (χ1v) is 10.8. The van der Waals surface area contributed by atoms with Crippen LogP contribution in [0.15, 0.2) is 30.3 Å². The van der Waals surface area contributed by atoms with Crippen molar-refractivity contribution >= 4 is 24.0 Å². The van der Waals surface area contributed by atoms with E-state index in [1.807, 2.05) is 13.0 Å². The van der Waals surface area contributed by atoms with Gasteiger partial charge in [-0.3, -0.25) is 4.79 Å². The van der Waals surface area contributed by atoms with Crippen LogP contribution in [0.3, 0.4) is 0 Å². The molecule has 3 atom stereocenters. The fraction of sp³-hybridized carbons (Fsp3) is 0.565. The van der Waals surface area contributed by atoms with Crippen LogP contribution < -0.4 is 5.32 Å². The Hall–Kier alpha value is -3.14. The summed E-state index contributed by atoms with van der Waals surface area (Å²) in [6, 6.07) is 8.97.